The number of hydrogen-bond donors (Lipinski definition) is 1. The molecule has 0 aliphatic heterocycles. The Morgan fingerprint density at radius 1 is 1.28 bits per heavy atom. The van der Waals surface area contributed by atoms with Crippen molar-refractivity contribution in [3.05, 3.63) is 62.6 Å². The number of carbonyl (C=O) groups excluding carboxylic acids is 1. The molecule has 3 aromatic rings. The molecule has 1 aliphatic rings. The number of carbonyl (C=O) groups is 1. The second-order valence-electron chi connectivity index (χ2n) is 5.93. The molecule has 0 spiro atoms. The van der Waals surface area contributed by atoms with Crippen LogP contribution in [-0.4, -0.2) is 12.1 Å². The van der Waals surface area contributed by atoms with E-state index in [0.29, 0.717) is 6.54 Å². The van der Waals surface area contributed by atoms with Gasteiger partial charge in [-0.25, -0.2) is 4.99 Å². The third-order valence-electron chi connectivity index (χ3n) is 4.24. The zero-order valence-electron chi connectivity index (χ0n) is 13.7. The number of aliphatic imine (C=N–C) groups is 1. The number of fused-ring (bicyclic) bond motifs is 1. The van der Waals surface area contributed by atoms with Crippen LogP contribution in [0.25, 0.3) is 0 Å². The van der Waals surface area contributed by atoms with Gasteiger partial charge in [0.2, 0.25) is 0 Å². The van der Waals surface area contributed by atoms with Crippen molar-refractivity contribution >= 4 is 39.8 Å². The highest BCUT2D eigenvalue weighted by Crippen LogP contribution is 2.39. The number of furan rings is 1. The fourth-order valence-electron chi connectivity index (χ4n) is 3.03. The Morgan fingerprint density at radius 2 is 2.20 bits per heavy atom. The number of hydrogen-bond acceptors (Lipinski definition) is 5. The molecule has 1 amide bonds. The zero-order chi connectivity index (χ0) is 17.1. The van der Waals surface area contributed by atoms with E-state index in [1.807, 2.05) is 35.9 Å². The van der Waals surface area contributed by atoms with E-state index in [1.54, 1.807) is 28.9 Å². The molecule has 1 aliphatic carbocycles. The summed E-state index contributed by atoms with van der Waals surface area (Å²) in [6, 6.07) is 7.71. The van der Waals surface area contributed by atoms with E-state index < -0.39 is 0 Å². The lowest BCUT2D eigenvalue weighted by Gasteiger charge is -2.12. The van der Waals surface area contributed by atoms with Crippen molar-refractivity contribution in [1.29, 1.82) is 0 Å². The topological polar surface area (TPSA) is 54.6 Å². The third-order valence-corrected chi connectivity index (χ3v) is 6.24. The SMILES string of the molecule is O=C(NCc1ccco1)c1c(/N=C\c2cccs2)sc2c1CCCC2. The van der Waals surface area contributed by atoms with Crippen LogP contribution in [0.3, 0.4) is 0 Å². The summed E-state index contributed by atoms with van der Waals surface area (Å²) in [7, 11) is 0. The van der Waals surface area contributed by atoms with Gasteiger partial charge in [-0.15, -0.1) is 22.7 Å². The minimum atomic E-state index is -0.0610. The maximum absolute atomic E-state index is 12.8. The summed E-state index contributed by atoms with van der Waals surface area (Å²) >= 11 is 3.30. The smallest absolute Gasteiger partial charge is 0.255 e. The molecular weight excluding hydrogens is 352 g/mol. The van der Waals surface area contributed by atoms with Crippen molar-refractivity contribution in [3.63, 3.8) is 0 Å². The molecule has 3 heterocycles. The highest BCUT2D eigenvalue weighted by Gasteiger charge is 2.25. The molecule has 4 rings (SSSR count). The van der Waals surface area contributed by atoms with Gasteiger partial charge in [0, 0.05) is 16.0 Å². The van der Waals surface area contributed by atoms with E-state index in [0.717, 1.165) is 40.5 Å². The Balaban J connectivity index is 1.61. The summed E-state index contributed by atoms with van der Waals surface area (Å²) in [6.07, 6.45) is 7.80. The average Bonchev–Trinajstić information content (AvgIpc) is 3.38. The van der Waals surface area contributed by atoms with Gasteiger partial charge < -0.3 is 9.73 Å². The van der Waals surface area contributed by atoms with Crippen LogP contribution in [0, 0.1) is 0 Å². The number of aryl methyl sites for hydroxylation is 1. The van der Waals surface area contributed by atoms with Gasteiger partial charge >= 0.3 is 0 Å². The minimum absolute atomic E-state index is 0.0610. The van der Waals surface area contributed by atoms with Crippen LogP contribution in [-0.2, 0) is 19.4 Å². The summed E-state index contributed by atoms with van der Waals surface area (Å²) in [6.45, 7) is 0.393. The Bertz CT molecular complexity index is 877. The van der Waals surface area contributed by atoms with Crippen LogP contribution in [0.1, 0.15) is 44.3 Å². The number of thiophene rings is 2. The minimum Gasteiger partial charge on any atom is -0.467 e. The first-order valence-electron chi connectivity index (χ1n) is 8.34. The Kier molecular flexibility index (Phi) is 4.81. The monoisotopic (exact) mass is 370 g/mol. The van der Waals surface area contributed by atoms with Gasteiger partial charge in [-0.3, -0.25) is 4.79 Å². The van der Waals surface area contributed by atoms with Crippen LogP contribution < -0.4 is 5.32 Å². The first-order chi connectivity index (χ1) is 12.3. The number of amides is 1. The summed E-state index contributed by atoms with van der Waals surface area (Å²) in [5.74, 6) is 0.690. The zero-order valence-corrected chi connectivity index (χ0v) is 15.3. The molecule has 0 fully saturated rings. The molecule has 0 radical (unpaired) electrons. The first-order valence-corrected chi connectivity index (χ1v) is 10.0. The van der Waals surface area contributed by atoms with Crippen LogP contribution in [0.15, 0.2) is 45.3 Å². The number of rotatable bonds is 5. The molecule has 3 aromatic heterocycles. The summed E-state index contributed by atoms with van der Waals surface area (Å²) in [5, 5.41) is 5.82. The maximum atomic E-state index is 12.8. The van der Waals surface area contributed by atoms with Crippen molar-refractivity contribution in [2.75, 3.05) is 0 Å². The van der Waals surface area contributed by atoms with Crippen molar-refractivity contribution in [2.24, 2.45) is 4.99 Å². The van der Waals surface area contributed by atoms with Gasteiger partial charge in [0.25, 0.3) is 5.91 Å². The van der Waals surface area contributed by atoms with Crippen LogP contribution in [0.5, 0.6) is 0 Å². The fourth-order valence-corrected chi connectivity index (χ4v) is 4.85. The summed E-state index contributed by atoms with van der Waals surface area (Å²) < 4.78 is 5.30. The largest absolute Gasteiger partial charge is 0.467 e. The summed E-state index contributed by atoms with van der Waals surface area (Å²) in [5.41, 5.74) is 1.94. The van der Waals surface area contributed by atoms with Crippen LogP contribution >= 0.6 is 22.7 Å². The number of nitrogens with one attached hydrogen (secondary N) is 1. The normalized spacial score (nSPS) is 13.9. The van der Waals surface area contributed by atoms with Gasteiger partial charge in [-0.05, 0) is 54.8 Å². The summed E-state index contributed by atoms with van der Waals surface area (Å²) in [4.78, 5) is 19.9. The molecule has 0 aromatic carbocycles. The van der Waals surface area contributed by atoms with Crippen molar-refractivity contribution in [3.8, 4) is 0 Å². The third kappa shape index (κ3) is 3.60. The molecule has 1 N–H and O–H groups in total. The highest BCUT2D eigenvalue weighted by molar-refractivity contribution is 7.16. The van der Waals surface area contributed by atoms with Crippen molar-refractivity contribution in [2.45, 2.75) is 32.2 Å². The van der Waals surface area contributed by atoms with E-state index in [4.69, 9.17) is 4.42 Å². The molecular formula is C19H18N2O2S2. The molecule has 25 heavy (non-hydrogen) atoms. The lowest BCUT2D eigenvalue weighted by atomic mass is 9.95. The van der Waals surface area contributed by atoms with E-state index in [9.17, 15) is 4.79 Å². The van der Waals surface area contributed by atoms with Gasteiger partial charge in [0.05, 0.1) is 18.4 Å². The molecule has 0 bridgehead atoms. The predicted molar refractivity (Wildman–Crippen MR) is 102 cm³/mol. The highest BCUT2D eigenvalue weighted by atomic mass is 32.1. The molecule has 128 valence electrons. The molecule has 0 atom stereocenters. The van der Waals surface area contributed by atoms with Gasteiger partial charge in [-0.2, -0.15) is 0 Å². The lowest BCUT2D eigenvalue weighted by Crippen LogP contribution is -2.23. The van der Waals surface area contributed by atoms with E-state index in [2.05, 4.69) is 10.3 Å². The van der Waals surface area contributed by atoms with Crippen molar-refractivity contribution < 1.29 is 9.21 Å². The average molecular weight is 370 g/mol. The van der Waals surface area contributed by atoms with E-state index >= 15 is 0 Å². The standard InChI is InChI=1S/C19H18N2O2S2/c22-18(20-11-13-5-3-9-23-13)17-15-7-1-2-8-16(15)25-19(17)21-12-14-6-4-10-24-14/h3-6,9-10,12H,1-2,7-8,11H2,(H,20,22)/b21-12-. The van der Waals surface area contributed by atoms with Crippen LogP contribution in [0.4, 0.5) is 5.00 Å². The number of nitrogens with zero attached hydrogens (tertiary/aromatic N) is 1. The second-order valence-corrected chi connectivity index (χ2v) is 7.99. The van der Waals surface area contributed by atoms with Gasteiger partial charge in [-0.1, -0.05) is 6.07 Å². The molecule has 4 nitrogen and oxygen atoms in total. The Morgan fingerprint density at radius 3 is 3.00 bits per heavy atom. The fraction of sp³-hybridized carbons (Fsp3) is 0.263. The second kappa shape index (κ2) is 7.37. The quantitative estimate of drug-likeness (QED) is 0.645. The Hall–Kier alpha value is -2.18. The molecule has 6 heteroatoms. The lowest BCUT2D eigenvalue weighted by molar-refractivity contribution is 0.0948. The van der Waals surface area contributed by atoms with Gasteiger partial charge in [0.15, 0.2) is 0 Å². The van der Waals surface area contributed by atoms with Gasteiger partial charge in [0.1, 0.15) is 10.8 Å². The first kappa shape index (κ1) is 16.3. The molecule has 0 unspecified atom stereocenters. The molecule has 0 saturated carbocycles. The van der Waals surface area contributed by atoms with E-state index in [1.165, 1.54) is 16.9 Å². The maximum Gasteiger partial charge on any atom is 0.255 e. The van der Waals surface area contributed by atoms with E-state index in [-0.39, 0.29) is 5.91 Å². The Labute approximate surface area is 154 Å². The molecule has 0 saturated heterocycles. The predicted octanol–water partition coefficient (Wildman–Crippen LogP) is 4.96. The van der Waals surface area contributed by atoms with Crippen LogP contribution in [0.2, 0.25) is 0 Å². The van der Waals surface area contributed by atoms with Crippen molar-refractivity contribution in [1.82, 2.24) is 5.32 Å².